The van der Waals surface area contributed by atoms with E-state index in [0.29, 0.717) is 72.3 Å². The van der Waals surface area contributed by atoms with Crippen molar-refractivity contribution in [2.75, 3.05) is 0 Å². The molecule has 2 aromatic heterocycles. The molecule has 4 heteroatoms. The molecule has 0 radical (unpaired) electrons. The van der Waals surface area contributed by atoms with Gasteiger partial charge in [-0.05, 0) is 67.7 Å². The number of fused-ring (bicyclic) bond motifs is 9. The lowest BCUT2D eigenvalue weighted by atomic mass is 9.91. The van der Waals surface area contributed by atoms with Crippen molar-refractivity contribution in [2.45, 2.75) is 0 Å². The fraction of sp³-hybridized carbons (Fsp3) is 0. The number of benzene rings is 8. The highest BCUT2D eigenvalue weighted by Crippen LogP contribution is 2.41. The number of nitrogens with zero attached hydrogens (tertiary/aromatic N) is 3. The number of hydrogen-bond acceptors (Lipinski definition) is 4. The molecule has 0 unspecified atom stereocenters. The topological polar surface area (TPSA) is 51.8 Å². The van der Waals surface area contributed by atoms with E-state index in [2.05, 4.69) is 0 Å². The van der Waals surface area contributed by atoms with Gasteiger partial charge in [0.1, 0.15) is 11.2 Å². The van der Waals surface area contributed by atoms with Gasteiger partial charge in [0.15, 0.2) is 17.5 Å². The summed E-state index contributed by atoms with van der Waals surface area (Å²) < 4.78 is 76.9. The standard InChI is InChI=1S/C45H27N3O/c1-3-12-28(13-4-1)43-46-44(29-14-5-2-6-15-29)48-45(47-43)31-23-25-38-41(27-31)49-40-21-11-20-32(42(38)40)30-22-24-37-35-18-8-7-16-33(35)34-17-9-10-19-36(34)39(37)26-30/h1-27H/i7D,8D,9D,10D,16D,17D,22D,26D. The fourth-order valence-electron chi connectivity index (χ4n) is 6.62. The first kappa shape index (κ1) is 20.6. The summed E-state index contributed by atoms with van der Waals surface area (Å²) in [6.45, 7) is 0. The summed E-state index contributed by atoms with van der Waals surface area (Å²) in [4.78, 5) is 14.5. The lowest BCUT2D eigenvalue weighted by Gasteiger charge is -2.12. The van der Waals surface area contributed by atoms with Crippen molar-refractivity contribution in [2.24, 2.45) is 0 Å². The number of aromatic nitrogens is 3. The Kier molecular flexibility index (Phi) is 4.60. The Hall–Kier alpha value is -6.65. The molecule has 0 atom stereocenters. The van der Waals surface area contributed by atoms with Crippen LogP contribution < -0.4 is 0 Å². The van der Waals surface area contributed by atoms with Crippen molar-refractivity contribution in [3.05, 3.63) is 164 Å². The maximum Gasteiger partial charge on any atom is 0.164 e. The Morgan fingerprint density at radius 2 is 1.02 bits per heavy atom. The smallest absolute Gasteiger partial charge is 0.164 e. The summed E-state index contributed by atoms with van der Waals surface area (Å²) in [5.41, 5.74) is 4.35. The van der Waals surface area contributed by atoms with Crippen LogP contribution in [0.15, 0.2) is 168 Å². The van der Waals surface area contributed by atoms with E-state index in [1.54, 1.807) is 12.1 Å². The molecule has 0 aliphatic heterocycles. The van der Waals surface area contributed by atoms with E-state index in [9.17, 15) is 2.74 Å². The molecule has 2 heterocycles. The van der Waals surface area contributed by atoms with Gasteiger partial charge in [0, 0.05) is 27.5 Å². The van der Waals surface area contributed by atoms with E-state index < -0.39 is 0 Å². The molecular weight excluding hydrogens is 599 g/mol. The SMILES string of the molecule is [2H]c1cc2c3cc([2H])c(-c4cccc5oc6cc(-c7nc(-c8ccccc8)nc(-c8ccccc8)n7)ccc6c45)c([2H])c3c3cc([2H])c([2H])c([2H])c3c2c([2H])c1[2H]. The van der Waals surface area contributed by atoms with Gasteiger partial charge in [-0.15, -0.1) is 0 Å². The second-order valence-electron chi connectivity index (χ2n) is 11.8. The average Bonchev–Trinajstić information content (AvgIpc) is 3.61. The molecule has 10 aromatic rings. The fourth-order valence-corrected chi connectivity index (χ4v) is 6.62. The lowest BCUT2D eigenvalue weighted by molar-refractivity contribution is 0.669. The first-order valence-electron chi connectivity index (χ1n) is 19.8. The van der Waals surface area contributed by atoms with Crippen molar-refractivity contribution in [1.82, 2.24) is 15.0 Å². The molecule has 0 fully saturated rings. The molecule has 0 aliphatic rings. The maximum absolute atomic E-state index is 9.71. The highest BCUT2D eigenvalue weighted by atomic mass is 16.3. The van der Waals surface area contributed by atoms with Gasteiger partial charge in [-0.1, -0.05) is 139 Å². The summed E-state index contributed by atoms with van der Waals surface area (Å²) in [6, 6.07) is 33.3. The Morgan fingerprint density at radius 3 is 1.69 bits per heavy atom. The third kappa shape index (κ3) is 4.49. The van der Waals surface area contributed by atoms with Crippen LogP contribution in [0.2, 0.25) is 0 Å². The van der Waals surface area contributed by atoms with Crippen LogP contribution in [0.1, 0.15) is 11.0 Å². The van der Waals surface area contributed by atoms with E-state index in [4.69, 9.17) is 27.6 Å². The van der Waals surface area contributed by atoms with Gasteiger partial charge in [0.25, 0.3) is 0 Å². The number of furan rings is 1. The maximum atomic E-state index is 9.71. The van der Waals surface area contributed by atoms with Crippen LogP contribution in [-0.4, -0.2) is 15.0 Å². The largest absolute Gasteiger partial charge is 0.456 e. The first-order chi connectivity index (χ1) is 27.6. The van der Waals surface area contributed by atoms with Crippen LogP contribution in [0.4, 0.5) is 0 Å². The van der Waals surface area contributed by atoms with Crippen molar-refractivity contribution >= 4 is 54.3 Å². The molecule has 0 amide bonds. The first-order valence-corrected chi connectivity index (χ1v) is 15.8. The van der Waals surface area contributed by atoms with Crippen molar-refractivity contribution in [3.8, 4) is 45.3 Å². The predicted octanol–water partition coefficient (Wildman–Crippen LogP) is 11.9. The third-order valence-corrected chi connectivity index (χ3v) is 8.90. The van der Waals surface area contributed by atoms with Crippen LogP contribution in [-0.2, 0) is 0 Å². The second-order valence-corrected chi connectivity index (χ2v) is 11.8. The molecule has 0 bridgehead atoms. The molecule has 0 N–H and O–H groups in total. The summed E-state index contributed by atoms with van der Waals surface area (Å²) >= 11 is 0. The zero-order valence-corrected chi connectivity index (χ0v) is 25.7. The molecule has 8 aromatic carbocycles. The van der Waals surface area contributed by atoms with E-state index in [1.807, 2.05) is 91.0 Å². The van der Waals surface area contributed by atoms with Crippen LogP contribution in [0.3, 0.4) is 0 Å². The predicted molar refractivity (Wildman–Crippen MR) is 201 cm³/mol. The van der Waals surface area contributed by atoms with Gasteiger partial charge >= 0.3 is 0 Å². The zero-order chi connectivity index (χ0) is 39.3. The molecule has 0 aliphatic carbocycles. The molecule has 0 saturated carbocycles. The highest BCUT2D eigenvalue weighted by molar-refractivity contribution is 6.26. The Labute approximate surface area is 293 Å². The molecule has 49 heavy (non-hydrogen) atoms. The molecule has 0 saturated heterocycles. The van der Waals surface area contributed by atoms with Crippen molar-refractivity contribution in [3.63, 3.8) is 0 Å². The zero-order valence-electron chi connectivity index (χ0n) is 33.7. The van der Waals surface area contributed by atoms with Crippen molar-refractivity contribution < 1.29 is 15.4 Å². The van der Waals surface area contributed by atoms with Gasteiger partial charge in [-0.2, -0.15) is 0 Å². The molecule has 228 valence electrons. The Bertz CT molecular complexity index is 3280. The molecule has 4 nitrogen and oxygen atoms in total. The van der Waals surface area contributed by atoms with Gasteiger partial charge in [-0.25, -0.2) is 15.0 Å². The van der Waals surface area contributed by atoms with E-state index in [0.717, 1.165) is 16.5 Å². The second kappa shape index (κ2) is 11.0. The normalized spacial score (nSPS) is 14.0. The summed E-state index contributed by atoms with van der Waals surface area (Å²) in [5, 5.41) is 3.15. The van der Waals surface area contributed by atoms with Gasteiger partial charge in [-0.3, -0.25) is 0 Å². The Balaban J connectivity index is 1.21. The van der Waals surface area contributed by atoms with Crippen LogP contribution in [0.5, 0.6) is 0 Å². The highest BCUT2D eigenvalue weighted by Gasteiger charge is 2.17. The molecular formula is C45H27N3O. The van der Waals surface area contributed by atoms with Crippen LogP contribution in [0, 0.1) is 0 Å². The molecule has 10 rings (SSSR count). The summed E-state index contributed by atoms with van der Waals surface area (Å²) in [6.07, 6.45) is 0. The van der Waals surface area contributed by atoms with Gasteiger partial charge < -0.3 is 4.42 Å². The Morgan fingerprint density at radius 1 is 0.408 bits per heavy atom. The summed E-state index contributed by atoms with van der Waals surface area (Å²) in [5.74, 6) is 1.52. The van der Waals surface area contributed by atoms with E-state index in [-0.39, 0.29) is 59.1 Å². The van der Waals surface area contributed by atoms with Crippen LogP contribution >= 0.6 is 0 Å². The number of rotatable bonds is 4. The van der Waals surface area contributed by atoms with Crippen molar-refractivity contribution in [1.29, 1.82) is 0 Å². The van der Waals surface area contributed by atoms with E-state index >= 15 is 0 Å². The lowest BCUT2D eigenvalue weighted by Crippen LogP contribution is -2.00. The summed E-state index contributed by atoms with van der Waals surface area (Å²) in [7, 11) is 0. The monoisotopic (exact) mass is 633 g/mol. The van der Waals surface area contributed by atoms with Gasteiger partial charge in [0.2, 0.25) is 0 Å². The molecule has 0 spiro atoms. The van der Waals surface area contributed by atoms with Gasteiger partial charge in [0.05, 0.1) is 11.0 Å². The minimum absolute atomic E-state index is 0.0148. The minimum atomic E-state index is -0.341. The quantitative estimate of drug-likeness (QED) is 0.181. The third-order valence-electron chi connectivity index (χ3n) is 8.90. The average molecular weight is 634 g/mol. The van der Waals surface area contributed by atoms with E-state index in [1.165, 1.54) is 12.1 Å². The minimum Gasteiger partial charge on any atom is -0.456 e. The van der Waals surface area contributed by atoms with Crippen LogP contribution in [0.25, 0.3) is 99.5 Å². The number of hydrogen-bond donors (Lipinski definition) is 0.